The van der Waals surface area contributed by atoms with Crippen LogP contribution in [0.25, 0.3) is 11.3 Å². The molecule has 1 heterocycles. The average Bonchev–Trinajstić information content (AvgIpc) is 3.05. The zero-order chi connectivity index (χ0) is 16.1. The van der Waals surface area contributed by atoms with Crippen molar-refractivity contribution in [2.75, 3.05) is 7.11 Å². The summed E-state index contributed by atoms with van der Waals surface area (Å²) in [5, 5.41) is 4.09. The number of hydrogen-bond acceptors (Lipinski definition) is 3. The van der Waals surface area contributed by atoms with Gasteiger partial charge in [0.1, 0.15) is 17.3 Å². The minimum absolute atomic E-state index is 0.658. The molecule has 0 bridgehead atoms. The fourth-order valence-electron chi connectivity index (χ4n) is 2.41. The van der Waals surface area contributed by atoms with E-state index >= 15 is 0 Å². The highest BCUT2D eigenvalue weighted by Crippen LogP contribution is 2.24. The Labute approximate surface area is 140 Å². The van der Waals surface area contributed by atoms with E-state index in [0.29, 0.717) is 6.54 Å². The lowest BCUT2D eigenvalue weighted by molar-refractivity contribution is 0.406. The smallest absolute Gasteiger partial charge is 0.134 e. The molecule has 0 spiro atoms. The van der Waals surface area contributed by atoms with Crippen molar-refractivity contribution in [3.63, 3.8) is 0 Å². The van der Waals surface area contributed by atoms with Gasteiger partial charge < -0.3 is 14.5 Å². The summed E-state index contributed by atoms with van der Waals surface area (Å²) in [4.78, 5) is 0. The molecule has 23 heavy (non-hydrogen) atoms. The second kappa shape index (κ2) is 7.36. The van der Waals surface area contributed by atoms with Gasteiger partial charge in [-0.3, -0.25) is 0 Å². The van der Waals surface area contributed by atoms with Crippen LogP contribution in [-0.4, -0.2) is 7.11 Å². The summed E-state index contributed by atoms with van der Waals surface area (Å²) in [5.41, 5.74) is 2.14. The van der Waals surface area contributed by atoms with Crippen molar-refractivity contribution in [2.45, 2.75) is 13.1 Å². The Morgan fingerprint density at radius 3 is 2.52 bits per heavy atom. The third-order valence-corrected chi connectivity index (χ3v) is 3.85. The van der Waals surface area contributed by atoms with E-state index in [2.05, 4.69) is 5.32 Å². The minimum Gasteiger partial charge on any atom is -0.496 e. The van der Waals surface area contributed by atoms with Crippen LogP contribution in [0.4, 0.5) is 0 Å². The topological polar surface area (TPSA) is 34.4 Å². The van der Waals surface area contributed by atoms with E-state index in [1.54, 1.807) is 7.11 Å². The molecule has 0 fully saturated rings. The van der Waals surface area contributed by atoms with Crippen LogP contribution in [0.2, 0.25) is 5.02 Å². The normalized spacial score (nSPS) is 10.7. The Hall–Kier alpha value is -2.23. The Morgan fingerprint density at radius 2 is 1.74 bits per heavy atom. The second-order valence-electron chi connectivity index (χ2n) is 5.19. The van der Waals surface area contributed by atoms with Crippen LogP contribution in [0.15, 0.2) is 65.1 Å². The summed E-state index contributed by atoms with van der Waals surface area (Å²) in [6, 6.07) is 19.6. The lowest BCUT2D eigenvalue weighted by Gasteiger charge is -2.08. The van der Waals surface area contributed by atoms with Crippen molar-refractivity contribution in [3.05, 3.63) is 77.0 Å². The number of nitrogens with one attached hydrogen (secondary N) is 1. The first-order valence-corrected chi connectivity index (χ1v) is 7.81. The summed E-state index contributed by atoms with van der Waals surface area (Å²) in [7, 11) is 1.68. The fourth-order valence-corrected chi connectivity index (χ4v) is 2.54. The van der Waals surface area contributed by atoms with E-state index < -0.39 is 0 Å². The summed E-state index contributed by atoms with van der Waals surface area (Å²) >= 11 is 5.90. The molecular weight excluding hydrogens is 310 g/mol. The van der Waals surface area contributed by atoms with E-state index in [1.807, 2.05) is 60.7 Å². The molecule has 0 saturated carbocycles. The lowest BCUT2D eigenvalue weighted by atomic mass is 10.2. The van der Waals surface area contributed by atoms with Gasteiger partial charge in [0.05, 0.1) is 13.7 Å². The monoisotopic (exact) mass is 327 g/mol. The van der Waals surface area contributed by atoms with Crippen LogP contribution in [-0.2, 0) is 13.1 Å². The van der Waals surface area contributed by atoms with Gasteiger partial charge in [0.25, 0.3) is 0 Å². The van der Waals surface area contributed by atoms with Crippen LogP contribution in [0, 0.1) is 0 Å². The molecule has 0 saturated heterocycles. The van der Waals surface area contributed by atoms with Gasteiger partial charge in [-0.25, -0.2) is 0 Å². The Kier molecular flexibility index (Phi) is 5.01. The molecule has 1 N–H and O–H groups in total. The van der Waals surface area contributed by atoms with Crippen LogP contribution < -0.4 is 10.1 Å². The number of hydrogen-bond donors (Lipinski definition) is 1. The predicted octanol–water partition coefficient (Wildman–Crippen LogP) is 4.90. The van der Waals surface area contributed by atoms with Crippen LogP contribution in [0.5, 0.6) is 5.75 Å². The molecule has 3 rings (SSSR count). The molecule has 0 aliphatic carbocycles. The number of methoxy groups -OCH3 is 1. The van der Waals surface area contributed by atoms with Crippen molar-refractivity contribution in [1.82, 2.24) is 5.32 Å². The molecule has 0 radical (unpaired) electrons. The maximum absolute atomic E-state index is 5.90. The highest BCUT2D eigenvalue weighted by molar-refractivity contribution is 6.30. The number of ether oxygens (including phenoxy) is 1. The van der Waals surface area contributed by atoms with E-state index in [0.717, 1.165) is 40.0 Å². The zero-order valence-corrected chi connectivity index (χ0v) is 13.6. The summed E-state index contributed by atoms with van der Waals surface area (Å²) < 4.78 is 11.2. The van der Waals surface area contributed by atoms with Gasteiger partial charge in [-0.15, -0.1) is 0 Å². The second-order valence-corrected chi connectivity index (χ2v) is 5.62. The Balaban J connectivity index is 1.60. The van der Waals surface area contributed by atoms with Crippen molar-refractivity contribution < 1.29 is 9.15 Å². The molecule has 3 nitrogen and oxygen atoms in total. The highest BCUT2D eigenvalue weighted by atomic mass is 35.5. The lowest BCUT2D eigenvalue weighted by Crippen LogP contribution is -2.12. The van der Waals surface area contributed by atoms with E-state index in [4.69, 9.17) is 20.8 Å². The van der Waals surface area contributed by atoms with Gasteiger partial charge in [0, 0.05) is 22.7 Å². The first-order chi connectivity index (χ1) is 11.3. The van der Waals surface area contributed by atoms with Gasteiger partial charge in [-0.2, -0.15) is 0 Å². The molecule has 0 unspecified atom stereocenters. The number of para-hydroxylation sites is 1. The van der Waals surface area contributed by atoms with E-state index in [-0.39, 0.29) is 0 Å². The average molecular weight is 328 g/mol. The van der Waals surface area contributed by atoms with Gasteiger partial charge in [0.15, 0.2) is 0 Å². The van der Waals surface area contributed by atoms with Crippen molar-refractivity contribution >= 4 is 11.6 Å². The van der Waals surface area contributed by atoms with Crippen LogP contribution in [0.1, 0.15) is 11.3 Å². The van der Waals surface area contributed by atoms with E-state index in [9.17, 15) is 0 Å². The molecule has 3 aromatic rings. The molecule has 0 aliphatic rings. The molecular formula is C19H18ClNO2. The van der Waals surface area contributed by atoms with Gasteiger partial charge in [-0.1, -0.05) is 29.8 Å². The SMILES string of the molecule is COc1ccccc1CNCc1ccc(-c2ccc(Cl)cc2)o1. The van der Waals surface area contributed by atoms with Crippen LogP contribution >= 0.6 is 11.6 Å². The van der Waals surface area contributed by atoms with E-state index in [1.165, 1.54) is 0 Å². The summed E-state index contributed by atoms with van der Waals surface area (Å²) in [6.07, 6.45) is 0. The number of benzene rings is 2. The number of furan rings is 1. The third-order valence-electron chi connectivity index (χ3n) is 3.60. The standard InChI is InChI=1S/C19H18ClNO2/c1-22-18-5-3-2-4-15(18)12-21-13-17-10-11-19(23-17)14-6-8-16(20)9-7-14/h2-11,21H,12-13H2,1H3. The van der Waals surface area contributed by atoms with Gasteiger partial charge in [0.2, 0.25) is 0 Å². The molecule has 118 valence electrons. The van der Waals surface area contributed by atoms with Crippen LogP contribution in [0.3, 0.4) is 0 Å². The zero-order valence-electron chi connectivity index (χ0n) is 12.9. The maximum Gasteiger partial charge on any atom is 0.134 e. The summed E-state index contributed by atoms with van der Waals surface area (Å²) in [6.45, 7) is 1.38. The van der Waals surface area contributed by atoms with Crippen molar-refractivity contribution in [3.8, 4) is 17.1 Å². The molecule has 0 aliphatic heterocycles. The quantitative estimate of drug-likeness (QED) is 0.699. The fraction of sp³-hybridized carbons (Fsp3) is 0.158. The Morgan fingerprint density at radius 1 is 0.957 bits per heavy atom. The first-order valence-electron chi connectivity index (χ1n) is 7.43. The highest BCUT2D eigenvalue weighted by Gasteiger charge is 2.06. The first kappa shape index (κ1) is 15.7. The Bertz CT molecular complexity index is 765. The molecule has 1 aromatic heterocycles. The molecule has 0 amide bonds. The maximum atomic E-state index is 5.90. The van der Waals surface area contributed by atoms with Crippen molar-refractivity contribution in [1.29, 1.82) is 0 Å². The molecule has 0 atom stereocenters. The number of rotatable bonds is 6. The van der Waals surface area contributed by atoms with Gasteiger partial charge in [-0.05, 0) is 42.5 Å². The number of halogens is 1. The van der Waals surface area contributed by atoms with Crippen molar-refractivity contribution in [2.24, 2.45) is 0 Å². The minimum atomic E-state index is 0.658. The third kappa shape index (κ3) is 3.95. The van der Waals surface area contributed by atoms with Gasteiger partial charge >= 0.3 is 0 Å². The largest absolute Gasteiger partial charge is 0.496 e. The predicted molar refractivity (Wildman–Crippen MR) is 92.7 cm³/mol. The molecule has 4 heteroatoms. The molecule has 2 aromatic carbocycles. The summed E-state index contributed by atoms with van der Waals surface area (Å²) in [5.74, 6) is 2.63.